The van der Waals surface area contributed by atoms with E-state index in [1.165, 1.54) is 30.6 Å². The Hall–Kier alpha value is -1.26. The van der Waals surface area contributed by atoms with Crippen molar-refractivity contribution >= 4 is 17.5 Å². The standard InChI is InChI=1S/C19H29ClN2O2/c1-19(9-11-21-12-10-19)8-4-5-13-24-15-6-7-16(17(20)14-15)18(23)22(2)3/h6-7,14,21H,4-5,8-13H2,1-3H3. The first-order valence-corrected chi connectivity index (χ1v) is 9.14. The van der Waals surface area contributed by atoms with E-state index in [1.54, 1.807) is 26.2 Å². The highest BCUT2D eigenvalue weighted by atomic mass is 35.5. The summed E-state index contributed by atoms with van der Waals surface area (Å²) in [6.45, 7) is 5.37. The molecule has 0 radical (unpaired) electrons. The molecule has 1 heterocycles. The van der Waals surface area contributed by atoms with E-state index in [0.717, 1.165) is 25.3 Å². The van der Waals surface area contributed by atoms with Gasteiger partial charge in [0, 0.05) is 14.1 Å². The second-order valence-electron chi connectivity index (χ2n) is 7.21. The molecule has 24 heavy (non-hydrogen) atoms. The predicted molar refractivity (Wildman–Crippen MR) is 99.0 cm³/mol. The Morgan fingerprint density at radius 1 is 1.29 bits per heavy atom. The molecular weight excluding hydrogens is 324 g/mol. The van der Waals surface area contributed by atoms with E-state index in [2.05, 4.69) is 12.2 Å². The molecule has 1 aromatic rings. The smallest absolute Gasteiger partial charge is 0.254 e. The van der Waals surface area contributed by atoms with Crippen LogP contribution in [0.15, 0.2) is 18.2 Å². The van der Waals surface area contributed by atoms with Gasteiger partial charge in [0.2, 0.25) is 0 Å². The predicted octanol–water partition coefficient (Wildman–Crippen LogP) is 3.98. The van der Waals surface area contributed by atoms with E-state index in [9.17, 15) is 4.79 Å². The van der Waals surface area contributed by atoms with Crippen molar-refractivity contribution in [1.29, 1.82) is 0 Å². The van der Waals surface area contributed by atoms with E-state index in [-0.39, 0.29) is 5.91 Å². The first kappa shape index (κ1) is 19.1. The number of carbonyl (C=O) groups is 1. The van der Waals surface area contributed by atoms with Gasteiger partial charge in [-0.1, -0.05) is 18.5 Å². The number of benzene rings is 1. The summed E-state index contributed by atoms with van der Waals surface area (Å²) in [5, 5.41) is 3.86. The third kappa shape index (κ3) is 5.38. The molecule has 2 rings (SSSR count). The summed E-state index contributed by atoms with van der Waals surface area (Å²) in [4.78, 5) is 13.5. The lowest BCUT2D eigenvalue weighted by atomic mass is 9.77. The first-order chi connectivity index (χ1) is 11.4. The van der Waals surface area contributed by atoms with Gasteiger partial charge in [-0.15, -0.1) is 0 Å². The zero-order valence-electron chi connectivity index (χ0n) is 15.0. The molecule has 1 amide bonds. The van der Waals surface area contributed by atoms with Gasteiger partial charge < -0.3 is 15.0 Å². The monoisotopic (exact) mass is 352 g/mol. The van der Waals surface area contributed by atoms with Crippen LogP contribution in [0, 0.1) is 5.41 Å². The van der Waals surface area contributed by atoms with Crippen molar-refractivity contribution in [1.82, 2.24) is 10.2 Å². The maximum atomic E-state index is 12.0. The fourth-order valence-corrected chi connectivity index (χ4v) is 3.38. The fraction of sp³-hybridized carbons (Fsp3) is 0.632. The molecule has 1 aromatic carbocycles. The molecular formula is C19H29ClN2O2. The Morgan fingerprint density at radius 3 is 2.62 bits per heavy atom. The minimum atomic E-state index is -0.0956. The lowest BCUT2D eigenvalue weighted by molar-refractivity contribution is 0.0827. The number of hydrogen-bond acceptors (Lipinski definition) is 3. The second kappa shape index (κ2) is 8.72. The van der Waals surface area contributed by atoms with E-state index in [4.69, 9.17) is 16.3 Å². The van der Waals surface area contributed by atoms with Crippen LogP contribution < -0.4 is 10.1 Å². The number of carbonyl (C=O) groups excluding carboxylic acids is 1. The molecule has 0 spiro atoms. The van der Waals surface area contributed by atoms with E-state index < -0.39 is 0 Å². The second-order valence-corrected chi connectivity index (χ2v) is 7.61. The van der Waals surface area contributed by atoms with Crippen LogP contribution >= 0.6 is 11.6 Å². The summed E-state index contributed by atoms with van der Waals surface area (Å²) in [6, 6.07) is 5.28. The minimum Gasteiger partial charge on any atom is -0.494 e. The lowest BCUT2D eigenvalue weighted by Gasteiger charge is -2.34. The van der Waals surface area contributed by atoms with Gasteiger partial charge in [-0.3, -0.25) is 4.79 Å². The highest BCUT2D eigenvalue weighted by Crippen LogP contribution is 2.33. The van der Waals surface area contributed by atoms with Gasteiger partial charge in [-0.2, -0.15) is 0 Å². The third-order valence-electron chi connectivity index (χ3n) is 4.83. The molecule has 1 N–H and O–H groups in total. The SMILES string of the molecule is CN(C)C(=O)c1ccc(OCCCCC2(C)CCNCC2)cc1Cl. The Balaban J connectivity index is 1.74. The molecule has 1 fully saturated rings. The van der Waals surface area contributed by atoms with Crippen molar-refractivity contribution in [2.75, 3.05) is 33.8 Å². The normalized spacial score (nSPS) is 16.7. The topological polar surface area (TPSA) is 41.6 Å². The largest absolute Gasteiger partial charge is 0.494 e. The summed E-state index contributed by atoms with van der Waals surface area (Å²) in [5.41, 5.74) is 0.996. The van der Waals surface area contributed by atoms with Crippen molar-refractivity contribution in [3.63, 3.8) is 0 Å². The van der Waals surface area contributed by atoms with Crippen molar-refractivity contribution in [3.8, 4) is 5.75 Å². The van der Waals surface area contributed by atoms with E-state index in [1.807, 2.05) is 6.07 Å². The molecule has 1 saturated heterocycles. The first-order valence-electron chi connectivity index (χ1n) is 8.76. The highest BCUT2D eigenvalue weighted by molar-refractivity contribution is 6.34. The molecule has 1 aliphatic rings. The van der Waals surface area contributed by atoms with Crippen LogP contribution in [0.1, 0.15) is 49.4 Å². The quantitative estimate of drug-likeness (QED) is 0.754. The number of hydrogen-bond donors (Lipinski definition) is 1. The molecule has 1 aliphatic heterocycles. The molecule has 0 unspecified atom stereocenters. The molecule has 4 nitrogen and oxygen atoms in total. The number of amides is 1. The summed E-state index contributed by atoms with van der Waals surface area (Å²) in [5.74, 6) is 0.630. The van der Waals surface area contributed by atoms with Crippen molar-refractivity contribution in [2.45, 2.75) is 39.0 Å². The third-order valence-corrected chi connectivity index (χ3v) is 5.14. The van der Waals surface area contributed by atoms with Crippen LogP contribution in [-0.4, -0.2) is 44.6 Å². The van der Waals surface area contributed by atoms with Crippen LogP contribution in [0.25, 0.3) is 0 Å². The Labute approximate surface area is 150 Å². The molecule has 0 bridgehead atoms. The zero-order valence-corrected chi connectivity index (χ0v) is 15.8. The van der Waals surface area contributed by atoms with Gasteiger partial charge in [0.15, 0.2) is 0 Å². The zero-order chi connectivity index (χ0) is 17.6. The Morgan fingerprint density at radius 2 is 2.00 bits per heavy atom. The molecule has 134 valence electrons. The van der Waals surface area contributed by atoms with Crippen LogP contribution in [0.5, 0.6) is 5.75 Å². The van der Waals surface area contributed by atoms with Crippen LogP contribution in [0.2, 0.25) is 5.02 Å². The highest BCUT2D eigenvalue weighted by Gasteiger charge is 2.25. The van der Waals surface area contributed by atoms with Crippen LogP contribution in [-0.2, 0) is 0 Å². The van der Waals surface area contributed by atoms with Gasteiger partial charge in [-0.25, -0.2) is 0 Å². The number of halogens is 1. The number of nitrogens with zero attached hydrogens (tertiary/aromatic N) is 1. The number of rotatable bonds is 7. The van der Waals surface area contributed by atoms with Crippen LogP contribution in [0.3, 0.4) is 0 Å². The van der Waals surface area contributed by atoms with Crippen molar-refractivity contribution in [3.05, 3.63) is 28.8 Å². The fourth-order valence-electron chi connectivity index (χ4n) is 3.12. The van der Waals surface area contributed by atoms with Crippen LogP contribution in [0.4, 0.5) is 0 Å². The molecule has 0 aliphatic carbocycles. The maximum Gasteiger partial charge on any atom is 0.254 e. The number of nitrogens with one attached hydrogen (secondary N) is 1. The van der Waals surface area contributed by atoms with E-state index >= 15 is 0 Å². The van der Waals surface area contributed by atoms with Gasteiger partial charge in [0.25, 0.3) is 5.91 Å². The lowest BCUT2D eigenvalue weighted by Crippen LogP contribution is -2.34. The van der Waals surface area contributed by atoms with Gasteiger partial charge in [-0.05, 0) is 68.8 Å². The van der Waals surface area contributed by atoms with Gasteiger partial charge >= 0.3 is 0 Å². The number of ether oxygens (including phenoxy) is 1. The minimum absolute atomic E-state index is 0.0956. The summed E-state index contributed by atoms with van der Waals surface area (Å²) < 4.78 is 5.78. The number of piperidine rings is 1. The Bertz CT molecular complexity index is 554. The van der Waals surface area contributed by atoms with Gasteiger partial charge in [0.05, 0.1) is 17.2 Å². The van der Waals surface area contributed by atoms with Crippen molar-refractivity contribution in [2.24, 2.45) is 5.41 Å². The average molecular weight is 353 g/mol. The molecule has 0 aromatic heterocycles. The summed E-state index contributed by atoms with van der Waals surface area (Å²) in [7, 11) is 3.43. The maximum absolute atomic E-state index is 12.0. The number of unbranched alkanes of at least 4 members (excludes halogenated alkanes) is 1. The van der Waals surface area contributed by atoms with Crippen molar-refractivity contribution < 1.29 is 9.53 Å². The average Bonchev–Trinajstić information content (AvgIpc) is 2.54. The van der Waals surface area contributed by atoms with Gasteiger partial charge in [0.1, 0.15) is 5.75 Å². The summed E-state index contributed by atoms with van der Waals surface area (Å²) >= 11 is 6.19. The van der Waals surface area contributed by atoms with E-state index in [0.29, 0.717) is 22.6 Å². The molecule has 0 atom stereocenters. The molecule has 0 saturated carbocycles. The molecule has 5 heteroatoms. The summed E-state index contributed by atoms with van der Waals surface area (Å²) in [6.07, 6.45) is 6.02. The Kier molecular flexibility index (Phi) is 6.93.